The largest absolute Gasteiger partial charge is 0.497 e. The van der Waals surface area contributed by atoms with Gasteiger partial charge >= 0.3 is 0 Å². The van der Waals surface area contributed by atoms with E-state index in [0.717, 1.165) is 17.1 Å². The Bertz CT molecular complexity index is 320. The normalized spacial score (nSPS) is 14.5. The molecule has 3 N–H and O–H groups in total. The van der Waals surface area contributed by atoms with Crippen molar-refractivity contribution in [1.29, 1.82) is 0 Å². The third-order valence-corrected chi connectivity index (χ3v) is 3.61. The van der Waals surface area contributed by atoms with Crippen molar-refractivity contribution in [2.45, 2.75) is 18.2 Å². The number of rotatable bonds is 6. The van der Waals surface area contributed by atoms with Gasteiger partial charge in [0.2, 0.25) is 0 Å². The van der Waals surface area contributed by atoms with Gasteiger partial charge in [-0.1, -0.05) is 19.1 Å². The van der Waals surface area contributed by atoms with Gasteiger partial charge in [0.1, 0.15) is 5.75 Å². The molecule has 0 spiro atoms. The molecule has 1 aromatic rings. The molecule has 0 radical (unpaired) electrons. The van der Waals surface area contributed by atoms with E-state index in [0.29, 0.717) is 0 Å². The maximum atomic E-state index is 8.92. The van der Waals surface area contributed by atoms with Gasteiger partial charge in [-0.15, -0.1) is 0 Å². The monoisotopic (exact) mass is 241 g/mol. The van der Waals surface area contributed by atoms with Gasteiger partial charge in [0.15, 0.2) is 0 Å². The van der Waals surface area contributed by atoms with Crippen molar-refractivity contribution in [2.75, 3.05) is 19.5 Å². The first-order valence-electron chi connectivity index (χ1n) is 5.29. The van der Waals surface area contributed by atoms with Crippen LogP contribution in [0.5, 0.6) is 5.75 Å². The summed E-state index contributed by atoms with van der Waals surface area (Å²) in [5.41, 5.74) is 7.13. The van der Waals surface area contributed by atoms with Crippen LogP contribution in [0.1, 0.15) is 18.5 Å². The Balaban J connectivity index is 2.54. The second-order valence-corrected chi connectivity index (χ2v) is 5.18. The van der Waals surface area contributed by atoms with Crippen LogP contribution in [-0.4, -0.2) is 29.8 Å². The van der Waals surface area contributed by atoms with Crippen LogP contribution in [-0.2, 0) is 0 Å². The Labute approximate surface area is 101 Å². The van der Waals surface area contributed by atoms with Crippen LogP contribution in [0.25, 0.3) is 0 Å². The summed E-state index contributed by atoms with van der Waals surface area (Å²) in [5, 5.41) is 9.15. The van der Waals surface area contributed by atoms with E-state index >= 15 is 0 Å². The Morgan fingerprint density at radius 3 is 2.88 bits per heavy atom. The van der Waals surface area contributed by atoms with Crippen LogP contribution < -0.4 is 10.5 Å². The smallest absolute Gasteiger partial charge is 0.119 e. The molecule has 2 atom stereocenters. The summed E-state index contributed by atoms with van der Waals surface area (Å²) >= 11 is 1.68. The number of hydrogen-bond donors (Lipinski definition) is 2. The lowest BCUT2D eigenvalue weighted by atomic mass is 10.1. The average Bonchev–Trinajstić information content (AvgIpc) is 2.35. The molecule has 0 aliphatic heterocycles. The summed E-state index contributed by atoms with van der Waals surface area (Å²) in [6, 6.07) is 7.77. The summed E-state index contributed by atoms with van der Waals surface area (Å²) in [5.74, 6) is 1.63. The number of aliphatic hydroxyl groups is 1. The predicted molar refractivity (Wildman–Crippen MR) is 68.9 cm³/mol. The lowest BCUT2D eigenvalue weighted by Crippen LogP contribution is -2.15. The van der Waals surface area contributed by atoms with E-state index < -0.39 is 0 Å². The van der Waals surface area contributed by atoms with E-state index in [1.54, 1.807) is 18.9 Å². The minimum Gasteiger partial charge on any atom is -0.497 e. The van der Waals surface area contributed by atoms with Crippen LogP contribution in [0, 0.1) is 0 Å². The third kappa shape index (κ3) is 4.04. The molecule has 0 fully saturated rings. The lowest BCUT2D eigenvalue weighted by molar-refractivity contribution is 0.300. The van der Waals surface area contributed by atoms with Gasteiger partial charge in [-0.3, -0.25) is 0 Å². The van der Waals surface area contributed by atoms with Crippen molar-refractivity contribution < 1.29 is 9.84 Å². The van der Waals surface area contributed by atoms with Crippen LogP contribution >= 0.6 is 11.8 Å². The summed E-state index contributed by atoms with van der Waals surface area (Å²) in [6.45, 7) is 2.18. The highest BCUT2D eigenvalue weighted by Crippen LogP contribution is 2.22. The first kappa shape index (κ1) is 13.4. The molecule has 1 rings (SSSR count). The molecule has 1 aromatic carbocycles. The molecule has 0 aliphatic rings. The fourth-order valence-electron chi connectivity index (χ4n) is 1.29. The maximum absolute atomic E-state index is 8.92. The Morgan fingerprint density at radius 1 is 1.50 bits per heavy atom. The number of ether oxygens (including phenoxy) is 1. The van der Waals surface area contributed by atoms with E-state index in [-0.39, 0.29) is 17.9 Å². The molecule has 4 heteroatoms. The first-order chi connectivity index (χ1) is 7.67. The Kier molecular flexibility index (Phi) is 5.66. The quantitative estimate of drug-likeness (QED) is 0.797. The van der Waals surface area contributed by atoms with Crippen molar-refractivity contribution in [3.8, 4) is 5.75 Å². The SMILES string of the molecule is COc1cccc(C(N)CSC(C)CO)c1. The topological polar surface area (TPSA) is 55.5 Å². The lowest BCUT2D eigenvalue weighted by Gasteiger charge is -2.15. The van der Waals surface area contributed by atoms with Gasteiger partial charge in [0, 0.05) is 17.0 Å². The number of aliphatic hydroxyl groups excluding tert-OH is 1. The zero-order valence-electron chi connectivity index (χ0n) is 9.72. The van der Waals surface area contributed by atoms with Gasteiger partial charge in [-0.2, -0.15) is 11.8 Å². The predicted octanol–water partition coefficient (Wildman–Crippen LogP) is 1.81. The first-order valence-corrected chi connectivity index (χ1v) is 6.34. The number of thioether (sulfide) groups is 1. The molecule has 16 heavy (non-hydrogen) atoms. The minimum atomic E-state index is -0.0194. The van der Waals surface area contributed by atoms with Gasteiger partial charge in [0.05, 0.1) is 13.7 Å². The molecular formula is C12H19NO2S. The van der Waals surface area contributed by atoms with E-state index in [1.165, 1.54) is 0 Å². The molecule has 0 amide bonds. The highest BCUT2D eigenvalue weighted by Gasteiger charge is 2.09. The van der Waals surface area contributed by atoms with E-state index in [9.17, 15) is 0 Å². The summed E-state index contributed by atoms with van der Waals surface area (Å²) in [4.78, 5) is 0. The van der Waals surface area contributed by atoms with Crippen LogP contribution in [0.3, 0.4) is 0 Å². The van der Waals surface area contributed by atoms with Crippen molar-refractivity contribution >= 4 is 11.8 Å². The summed E-state index contributed by atoms with van der Waals surface area (Å²) < 4.78 is 5.15. The number of nitrogens with two attached hydrogens (primary N) is 1. The van der Waals surface area contributed by atoms with Crippen molar-refractivity contribution in [2.24, 2.45) is 5.73 Å². The van der Waals surface area contributed by atoms with Gasteiger partial charge in [-0.05, 0) is 17.7 Å². The van der Waals surface area contributed by atoms with E-state index in [1.807, 2.05) is 31.2 Å². The van der Waals surface area contributed by atoms with Crippen molar-refractivity contribution in [3.05, 3.63) is 29.8 Å². The van der Waals surface area contributed by atoms with Gasteiger partial charge in [-0.25, -0.2) is 0 Å². The number of hydrogen-bond acceptors (Lipinski definition) is 4. The third-order valence-electron chi connectivity index (χ3n) is 2.34. The van der Waals surface area contributed by atoms with Crippen molar-refractivity contribution in [3.63, 3.8) is 0 Å². The molecule has 0 bridgehead atoms. The molecule has 0 aromatic heterocycles. The molecule has 0 saturated heterocycles. The summed E-state index contributed by atoms with van der Waals surface area (Å²) in [6.07, 6.45) is 0. The van der Waals surface area contributed by atoms with E-state index in [2.05, 4.69) is 0 Å². The maximum Gasteiger partial charge on any atom is 0.119 e. The van der Waals surface area contributed by atoms with Crippen LogP contribution in [0.2, 0.25) is 0 Å². The number of methoxy groups -OCH3 is 1. The molecule has 2 unspecified atom stereocenters. The molecule has 3 nitrogen and oxygen atoms in total. The Hall–Kier alpha value is -0.710. The van der Waals surface area contributed by atoms with Crippen LogP contribution in [0.15, 0.2) is 24.3 Å². The number of benzene rings is 1. The van der Waals surface area contributed by atoms with Gasteiger partial charge in [0.25, 0.3) is 0 Å². The fourth-order valence-corrected chi connectivity index (χ4v) is 2.12. The van der Waals surface area contributed by atoms with Gasteiger partial charge < -0.3 is 15.6 Å². The highest BCUT2D eigenvalue weighted by molar-refractivity contribution is 7.99. The molecule has 0 heterocycles. The highest BCUT2D eigenvalue weighted by atomic mass is 32.2. The standard InChI is InChI=1S/C12H19NO2S/c1-9(7-14)16-8-12(13)10-4-3-5-11(6-10)15-2/h3-6,9,12,14H,7-8,13H2,1-2H3. The fraction of sp³-hybridized carbons (Fsp3) is 0.500. The molecule has 90 valence electrons. The second kappa shape index (κ2) is 6.78. The average molecular weight is 241 g/mol. The summed E-state index contributed by atoms with van der Waals surface area (Å²) in [7, 11) is 1.65. The van der Waals surface area contributed by atoms with Crippen molar-refractivity contribution in [1.82, 2.24) is 0 Å². The molecule has 0 aliphatic carbocycles. The molecular weight excluding hydrogens is 222 g/mol. The minimum absolute atomic E-state index is 0.0194. The zero-order chi connectivity index (χ0) is 12.0. The van der Waals surface area contributed by atoms with E-state index in [4.69, 9.17) is 15.6 Å². The zero-order valence-corrected chi connectivity index (χ0v) is 10.5. The Morgan fingerprint density at radius 2 is 2.25 bits per heavy atom. The second-order valence-electron chi connectivity index (χ2n) is 3.71. The van der Waals surface area contributed by atoms with Crippen LogP contribution in [0.4, 0.5) is 0 Å². The molecule has 0 saturated carbocycles.